The van der Waals surface area contributed by atoms with Crippen LogP contribution in [0.4, 0.5) is 24.0 Å². The molecule has 0 aliphatic heterocycles. The van der Waals surface area contributed by atoms with Gasteiger partial charge in [-0.25, -0.2) is 4.98 Å². The molecule has 1 aliphatic carbocycles. The van der Waals surface area contributed by atoms with Crippen LogP contribution in [0.15, 0.2) is 40.1 Å². The third-order valence-corrected chi connectivity index (χ3v) is 5.97. The fourth-order valence-electron chi connectivity index (χ4n) is 3.62. The second-order valence-corrected chi connectivity index (χ2v) is 8.32. The molecular formula is C22H20F3N3O2S. The first-order valence-corrected chi connectivity index (χ1v) is 10.9. The minimum atomic E-state index is -4.53. The SMILES string of the molecule is N#Cc1ccc(-c2csc(Nc3ccc(OCC4CCCCC4)c(C(F)(F)F)c3)n2)o1. The molecule has 0 spiro atoms. The van der Waals surface area contributed by atoms with Crippen molar-refractivity contribution < 1.29 is 22.3 Å². The van der Waals surface area contributed by atoms with Crippen LogP contribution in [0.25, 0.3) is 11.5 Å². The lowest BCUT2D eigenvalue weighted by Gasteiger charge is -2.23. The first kappa shape index (κ1) is 21.2. The van der Waals surface area contributed by atoms with Gasteiger partial charge < -0.3 is 14.5 Å². The molecule has 1 N–H and O–H groups in total. The number of ether oxygens (including phenoxy) is 1. The Morgan fingerprint density at radius 2 is 2.00 bits per heavy atom. The number of benzene rings is 1. The molecule has 4 rings (SSSR count). The Hall–Kier alpha value is -2.99. The van der Waals surface area contributed by atoms with Gasteiger partial charge in [0.1, 0.15) is 17.5 Å². The number of halogens is 3. The van der Waals surface area contributed by atoms with Crippen LogP contribution in [0.2, 0.25) is 0 Å². The zero-order valence-corrected chi connectivity index (χ0v) is 17.4. The van der Waals surface area contributed by atoms with Crippen LogP contribution in [0, 0.1) is 17.2 Å². The number of aromatic nitrogens is 1. The Kier molecular flexibility index (Phi) is 6.18. The summed E-state index contributed by atoms with van der Waals surface area (Å²) in [5.74, 6) is 0.743. The van der Waals surface area contributed by atoms with Crippen LogP contribution in [0.1, 0.15) is 43.4 Å². The third kappa shape index (κ3) is 5.20. The number of nitriles is 1. The van der Waals surface area contributed by atoms with E-state index in [1.165, 1.54) is 29.9 Å². The minimum Gasteiger partial charge on any atom is -0.493 e. The molecule has 0 amide bonds. The van der Waals surface area contributed by atoms with Gasteiger partial charge in [-0.05, 0) is 49.1 Å². The molecule has 0 atom stereocenters. The molecule has 0 radical (unpaired) electrons. The molecule has 5 nitrogen and oxygen atoms in total. The summed E-state index contributed by atoms with van der Waals surface area (Å²) < 4.78 is 51.8. The predicted octanol–water partition coefficient (Wildman–Crippen LogP) is 7.00. The zero-order chi connectivity index (χ0) is 21.8. The first-order valence-electron chi connectivity index (χ1n) is 9.99. The summed E-state index contributed by atoms with van der Waals surface area (Å²) in [6.07, 6.45) is 0.860. The van der Waals surface area contributed by atoms with Gasteiger partial charge in [-0.15, -0.1) is 11.3 Å². The van der Waals surface area contributed by atoms with Crippen molar-refractivity contribution in [3.8, 4) is 23.3 Å². The zero-order valence-electron chi connectivity index (χ0n) is 16.5. The van der Waals surface area contributed by atoms with E-state index in [4.69, 9.17) is 14.4 Å². The predicted molar refractivity (Wildman–Crippen MR) is 111 cm³/mol. The van der Waals surface area contributed by atoms with Crippen molar-refractivity contribution >= 4 is 22.2 Å². The first-order chi connectivity index (χ1) is 14.9. The van der Waals surface area contributed by atoms with Gasteiger partial charge in [-0.1, -0.05) is 19.3 Å². The van der Waals surface area contributed by atoms with Gasteiger partial charge in [0.15, 0.2) is 10.9 Å². The number of nitrogens with one attached hydrogen (secondary N) is 1. The number of rotatable bonds is 6. The lowest BCUT2D eigenvalue weighted by Crippen LogP contribution is -2.17. The lowest BCUT2D eigenvalue weighted by molar-refractivity contribution is -0.139. The minimum absolute atomic E-state index is 0.150. The molecule has 1 aliphatic rings. The Morgan fingerprint density at radius 1 is 1.19 bits per heavy atom. The van der Waals surface area contributed by atoms with Crippen LogP contribution in [-0.2, 0) is 6.18 Å². The van der Waals surface area contributed by atoms with Crippen LogP contribution in [-0.4, -0.2) is 11.6 Å². The molecule has 162 valence electrons. The number of anilines is 2. The molecule has 31 heavy (non-hydrogen) atoms. The molecule has 9 heteroatoms. The normalized spacial score (nSPS) is 14.9. The maximum absolute atomic E-state index is 13.6. The van der Waals surface area contributed by atoms with E-state index in [2.05, 4.69) is 10.3 Å². The summed E-state index contributed by atoms with van der Waals surface area (Å²) in [5.41, 5.74) is -0.0531. The summed E-state index contributed by atoms with van der Waals surface area (Å²) in [7, 11) is 0. The molecule has 1 saturated carbocycles. The number of furan rings is 1. The highest BCUT2D eigenvalue weighted by molar-refractivity contribution is 7.14. The van der Waals surface area contributed by atoms with Gasteiger partial charge in [-0.3, -0.25) is 0 Å². The van der Waals surface area contributed by atoms with E-state index in [0.29, 0.717) is 29.1 Å². The quantitative estimate of drug-likeness (QED) is 0.441. The summed E-state index contributed by atoms with van der Waals surface area (Å²) >= 11 is 1.23. The molecule has 1 aromatic carbocycles. The van der Waals surface area contributed by atoms with Crippen molar-refractivity contribution in [3.63, 3.8) is 0 Å². The van der Waals surface area contributed by atoms with E-state index in [1.54, 1.807) is 17.5 Å². The van der Waals surface area contributed by atoms with Crippen molar-refractivity contribution in [1.29, 1.82) is 5.26 Å². The monoisotopic (exact) mass is 447 g/mol. The van der Waals surface area contributed by atoms with Gasteiger partial charge >= 0.3 is 6.18 Å². The Balaban J connectivity index is 1.49. The highest BCUT2D eigenvalue weighted by Gasteiger charge is 2.35. The van der Waals surface area contributed by atoms with E-state index in [0.717, 1.165) is 31.7 Å². The average Bonchev–Trinajstić information content (AvgIpc) is 3.42. The van der Waals surface area contributed by atoms with E-state index in [9.17, 15) is 13.2 Å². The third-order valence-electron chi connectivity index (χ3n) is 5.21. The lowest BCUT2D eigenvalue weighted by atomic mass is 9.90. The van der Waals surface area contributed by atoms with Crippen molar-refractivity contribution in [2.45, 2.75) is 38.3 Å². The second-order valence-electron chi connectivity index (χ2n) is 7.46. The molecule has 0 bridgehead atoms. The molecule has 2 heterocycles. The fourth-order valence-corrected chi connectivity index (χ4v) is 4.34. The van der Waals surface area contributed by atoms with E-state index < -0.39 is 11.7 Å². The summed E-state index contributed by atoms with van der Waals surface area (Å²) in [4.78, 5) is 4.33. The molecule has 0 unspecified atom stereocenters. The van der Waals surface area contributed by atoms with Gasteiger partial charge in [0, 0.05) is 11.1 Å². The van der Waals surface area contributed by atoms with Crippen molar-refractivity contribution in [2.75, 3.05) is 11.9 Å². The van der Waals surface area contributed by atoms with E-state index in [1.807, 2.05) is 6.07 Å². The summed E-state index contributed by atoms with van der Waals surface area (Å²) in [6.45, 7) is 0.305. The summed E-state index contributed by atoms with van der Waals surface area (Å²) in [6, 6.07) is 8.99. The van der Waals surface area contributed by atoms with Crippen LogP contribution < -0.4 is 10.1 Å². The highest BCUT2D eigenvalue weighted by Crippen LogP contribution is 2.39. The van der Waals surface area contributed by atoms with Gasteiger partial charge in [0.05, 0.1) is 12.2 Å². The maximum atomic E-state index is 13.6. The van der Waals surface area contributed by atoms with Crippen molar-refractivity contribution in [2.24, 2.45) is 5.92 Å². The Labute approximate surface area is 181 Å². The molecular weight excluding hydrogens is 427 g/mol. The second kappa shape index (κ2) is 9.02. The Bertz CT molecular complexity index is 1080. The van der Waals surface area contributed by atoms with Crippen LogP contribution in [0.5, 0.6) is 5.75 Å². The highest BCUT2D eigenvalue weighted by atomic mass is 32.1. The molecule has 3 aromatic rings. The van der Waals surface area contributed by atoms with Gasteiger partial charge in [0.25, 0.3) is 0 Å². The number of nitrogens with zero attached hydrogens (tertiary/aromatic N) is 2. The fraction of sp³-hybridized carbons (Fsp3) is 0.364. The van der Waals surface area contributed by atoms with Crippen molar-refractivity contribution in [1.82, 2.24) is 4.98 Å². The standard InChI is InChI=1S/C22H20F3N3O2S/c23-22(24,25)17-10-15(6-8-19(17)29-12-14-4-2-1-3-5-14)27-21-28-18(13-31-21)20-9-7-16(11-26)30-20/h6-10,13-14H,1-5,12H2,(H,27,28). The number of alkyl halides is 3. The van der Waals surface area contributed by atoms with E-state index in [-0.39, 0.29) is 17.2 Å². The smallest absolute Gasteiger partial charge is 0.420 e. The van der Waals surface area contributed by atoms with Gasteiger partial charge in [0.2, 0.25) is 5.76 Å². The van der Waals surface area contributed by atoms with Crippen LogP contribution >= 0.6 is 11.3 Å². The molecule has 0 saturated heterocycles. The van der Waals surface area contributed by atoms with Gasteiger partial charge in [-0.2, -0.15) is 18.4 Å². The number of hydrogen-bond acceptors (Lipinski definition) is 6. The summed E-state index contributed by atoms with van der Waals surface area (Å²) in [5, 5.41) is 13.9. The largest absolute Gasteiger partial charge is 0.493 e. The van der Waals surface area contributed by atoms with Crippen molar-refractivity contribution in [3.05, 3.63) is 47.0 Å². The molecule has 2 aromatic heterocycles. The van der Waals surface area contributed by atoms with E-state index >= 15 is 0 Å². The Morgan fingerprint density at radius 3 is 2.71 bits per heavy atom. The molecule has 1 fully saturated rings. The topological polar surface area (TPSA) is 71.1 Å². The number of hydrogen-bond donors (Lipinski definition) is 1. The number of thiazole rings is 1. The van der Waals surface area contributed by atoms with Crippen LogP contribution in [0.3, 0.4) is 0 Å². The maximum Gasteiger partial charge on any atom is 0.420 e. The average molecular weight is 447 g/mol.